The van der Waals surface area contributed by atoms with Crippen LogP contribution in [0.3, 0.4) is 0 Å². The molecule has 0 aromatic heterocycles. The summed E-state index contributed by atoms with van der Waals surface area (Å²) in [6.45, 7) is 5.93. The quantitative estimate of drug-likeness (QED) is 0.332. The third-order valence-electron chi connectivity index (χ3n) is 5.92. The van der Waals surface area contributed by atoms with Crippen molar-refractivity contribution in [2.45, 2.75) is 43.8 Å². The van der Waals surface area contributed by atoms with E-state index in [1.807, 2.05) is 14.0 Å². The molecule has 0 radical (unpaired) electrons. The Hall–Kier alpha value is -0.930. The summed E-state index contributed by atoms with van der Waals surface area (Å²) in [5.74, 6) is -0.466. The Morgan fingerprint density at radius 1 is 1.42 bits per heavy atom. The Kier molecular flexibility index (Phi) is 6.08. The number of amides is 1. The lowest BCUT2D eigenvalue weighted by Crippen LogP contribution is -2.63. The van der Waals surface area contributed by atoms with Crippen molar-refractivity contribution in [3.63, 3.8) is 0 Å². The average molecular weight is 384 g/mol. The van der Waals surface area contributed by atoms with E-state index in [1.54, 1.807) is 23.6 Å². The molecule has 3 aliphatic heterocycles. The van der Waals surface area contributed by atoms with Crippen LogP contribution < -0.4 is 10.6 Å². The van der Waals surface area contributed by atoms with Gasteiger partial charge in [-0.25, -0.2) is 0 Å². The molecule has 0 spiro atoms. The summed E-state index contributed by atoms with van der Waals surface area (Å²) in [4.78, 5) is 26.6. The van der Waals surface area contributed by atoms with Gasteiger partial charge >= 0.3 is 0 Å². The molecule has 4 N–H and O–H groups in total. The van der Waals surface area contributed by atoms with Gasteiger partial charge in [0.15, 0.2) is 6.29 Å². The minimum Gasteiger partial charge on any atom is -0.393 e. The first-order valence-electron chi connectivity index (χ1n) is 9.32. The molecule has 2 saturated heterocycles. The second kappa shape index (κ2) is 7.98. The number of fused-ring (bicyclic) bond motifs is 1. The Morgan fingerprint density at radius 3 is 2.77 bits per heavy atom. The van der Waals surface area contributed by atoms with Gasteiger partial charge in [0.1, 0.15) is 0 Å². The molecule has 0 aromatic rings. The summed E-state index contributed by atoms with van der Waals surface area (Å²) in [5, 5.41) is 27.0. The van der Waals surface area contributed by atoms with E-state index in [1.165, 1.54) is 0 Å². The molecule has 0 saturated carbocycles. The number of aliphatic hydroxyl groups excluding tert-OH is 2. The summed E-state index contributed by atoms with van der Waals surface area (Å²) < 4.78 is 0. The topological polar surface area (TPSA) is 102 Å². The Bertz CT molecular complexity index is 597. The average Bonchev–Trinajstić information content (AvgIpc) is 3.15. The standard InChI is InChI=1S/C18H29N3O4S/c1-9-16-15(10(2)23)18(25)21(16)12(8-22)17(9)26-14-7-20-6-11(14)13(24)4-5-19-3/h8-11,13-16,19-20,23-24H,4-7H2,1-3H3/t9-,10-,11?,13-,14-,15-,16-/m1/s1. The highest BCUT2D eigenvalue weighted by Crippen LogP contribution is 2.51. The highest BCUT2D eigenvalue weighted by atomic mass is 32.2. The lowest BCUT2D eigenvalue weighted by molar-refractivity contribution is -0.160. The van der Waals surface area contributed by atoms with Crippen molar-refractivity contribution in [1.82, 2.24) is 15.5 Å². The van der Waals surface area contributed by atoms with Crippen LogP contribution in [-0.2, 0) is 9.59 Å². The molecule has 26 heavy (non-hydrogen) atoms. The van der Waals surface area contributed by atoms with Crippen molar-refractivity contribution in [3.8, 4) is 0 Å². The van der Waals surface area contributed by atoms with Gasteiger partial charge in [0.25, 0.3) is 0 Å². The number of aldehydes is 1. The summed E-state index contributed by atoms with van der Waals surface area (Å²) in [6.07, 6.45) is 0.333. The van der Waals surface area contributed by atoms with Crippen LogP contribution in [0.25, 0.3) is 0 Å². The summed E-state index contributed by atoms with van der Waals surface area (Å²) in [6, 6.07) is -0.132. The molecule has 3 heterocycles. The number of carbonyl (C=O) groups excluding carboxylic acids is 2. The van der Waals surface area contributed by atoms with Gasteiger partial charge in [0.2, 0.25) is 5.91 Å². The molecule has 1 unspecified atom stereocenters. The van der Waals surface area contributed by atoms with E-state index < -0.39 is 18.1 Å². The largest absolute Gasteiger partial charge is 0.393 e. The highest BCUT2D eigenvalue weighted by molar-refractivity contribution is 8.03. The van der Waals surface area contributed by atoms with Gasteiger partial charge in [-0.05, 0) is 26.9 Å². The predicted molar refractivity (Wildman–Crippen MR) is 100 cm³/mol. The Morgan fingerprint density at radius 2 is 2.15 bits per heavy atom. The van der Waals surface area contributed by atoms with Crippen LogP contribution >= 0.6 is 11.8 Å². The van der Waals surface area contributed by atoms with Gasteiger partial charge in [0.05, 0.1) is 29.9 Å². The van der Waals surface area contributed by atoms with Gasteiger partial charge in [-0.2, -0.15) is 0 Å². The van der Waals surface area contributed by atoms with Crippen LogP contribution in [0.5, 0.6) is 0 Å². The number of hydrogen-bond donors (Lipinski definition) is 4. The van der Waals surface area contributed by atoms with Gasteiger partial charge in [0, 0.05) is 35.1 Å². The SMILES string of the molecule is CNCC[C@@H](O)C1CNC[C@H]1SC1=C(C=O)N2C(=O)[C@H]([C@@H](C)O)[C@H]2[C@H]1C. The number of carbonyl (C=O) groups is 2. The zero-order chi connectivity index (χ0) is 19.0. The third kappa shape index (κ3) is 3.22. The van der Waals surface area contributed by atoms with Crippen LogP contribution in [0.4, 0.5) is 0 Å². The van der Waals surface area contributed by atoms with E-state index in [-0.39, 0.29) is 29.0 Å². The number of nitrogens with one attached hydrogen (secondary N) is 2. The van der Waals surface area contributed by atoms with Crippen LogP contribution in [0.2, 0.25) is 0 Å². The molecule has 2 fully saturated rings. The Labute approximate surface area is 158 Å². The monoisotopic (exact) mass is 383 g/mol. The van der Waals surface area contributed by atoms with Crippen LogP contribution in [0, 0.1) is 17.8 Å². The predicted octanol–water partition coefficient (Wildman–Crippen LogP) is -0.454. The minimum absolute atomic E-state index is 0.0215. The second-order valence-corrected chi connectivity index (χ2v) is 8.84. The highest BCUT2D eigenvalue weighted by Gasteiger charge is 2.58. The molecule has 0 bridgehead atoms. The number of hydrogen-bond acceptors (Lipinski definition) is 7. The van der Waals surface area contributed by atoms with E-state index >= 15 is 0 Å². The summed E-state index contributed by atoms with van der Waals surface area (Å²) in [7, 11) is 1.87. The first-order chi connectivity index (χ1) is 12.4. The fourth-order valence-electron chi connectivity index (χ4n) is 4.48. The molecule has 7 atom stereocenters. The lowest BCUT2D eigenvalue weighted by atomic mass is 9.79. The first kappa shape index (κ1) is 19.8. The van der Waals surface area contributed by atoms with Crippen molar-refractivity contribution in [2.75, 3.05) is 26.7 Å². The van der Waals surface area contributed by atoms with Gasteiger partial charge in [-0.15, -0.1) is 11.8 Å². The van der Waals surface area contributed by atoms with Gasteiger partial charge in [-0.3, -0.25) is 9.59 Å². The maximum absolute atomic E-state index is 12.4. The molecule has 8 heteroatoms. The maximum Gasteiger partial charge on any atom is 0.235 e. The van der Waals surface area contributed by atoms with Gasteiger partial charge < -0.3 is 25.7 Å². The number of rotatable bonds is 8. The normalized spacial score (nSPS) is 36.1. The van der Waals surface area contributed by atoms with Crippen molar-refractivity contribution in [1.29, 1.82) is 0 Å². The number of nitrogens with zero attached hydrogens (tertiary/aromatic N) is 1. The molecule has 0 aromatic carbocycles. The van der Waals surface area contributed by atoms with E-state index in [0.29, 0.717) is 12.1 Å². The van der Waals surface area contributed by atoms with Crippen LogP contribution in [-0.4, -0.2) is 77.5 Å². The van der Waals surface area contributed by atoms with Crippen molar-refractivity contribution in [3.05, 3.63) is 10.6 Å². The van der Waals surface area contributed by atoms with Crippen LogP contribution in [0.1, 0.15) is 20.3 Å². The number of β-lactam (4-membered cyclic amide) rings is 1. The lowest BCUT2D eigenvalue weighted by Gasteiger charge is -2.46. The van der Waals surface area contributed by atoms with Gasteiger partial charge in [-0.1, -0.05) is 6.92 Å². The summed E-state index contributed by atoms with van der Waals surface area (Å²) in [5.41, 5.74) is 0.449. The van der Waals surface area contributed by atoms with E-state index in [9.17, 15) is 19.8 Å². The molecule has 146 valence electrons. The first-order valence-corrected chi connectivity index (χ1v) is 10.2. The molecular formula is C18H29N3O4S. The zero-order valence-electron chi connectivity index (χ0n) is 15.5. The molecular weight excluding hydrogens is 354 g/mol. The molecule has 1 amide bonds. The number of allylic oxidation sites excluding steroid dienone is 1. The molecule has 0 aliphatic carbocycles. The van der Waals surface area contributed by atoms with E-state index in [2.05, 4.69) is 10.6 Å². The van der Waals surface area contributed by atoms with E-state index in [4.69, 9.17) is 0 Å². The fraction of sp³-hybridized carbons (Fsp3) is 0.778. The van der Waals surface area contributed by atoms with Crippen molar-refractivity contribution >= 4 is 24.0 Å². The summed E-state index contributed by atoms with van der Waals surface area (Å²) >= 11 is 1.62. The van der Waals surface area contributed by atoms with Crippen molar-refractivity contribution in [2.24, 2.45) is 17.8 Å². The number of thioether (sulfide) groups is 1. The molecule has 7 nitrogen and oxygen atoms in total. The smallest absolute Gasteiger partial charge is 0.235 e. The van der Waals surface area contributed by atoms with Crippen LogP contribution in [0.15, 0.2) is 10.6 Å². The fourth-order valence-corrected chi connectivity index (χ4v) is 6.09. The second-order valence-electron chi connectivity index (χ2n) is 7.56. The third-order valence-corrected chi connectivity index (χ3v) is 7.58. The zero-order valence-corrected chi connectivity index (χ0v) is 16.3. The molecule has 3 rings (SSSR count). The molecule has 3 aliphatic rings. The van der Waals surface area contributed by atoms with E-state index in [0.717, 1.165) is 30.8 Å². The maximum atomic E-state index is 12.4. The van der Waals surface area contributed by atoms with Crippen molar-refractivity contribution < 1.29 is 19.8 Å². The minimum atomic E-state index is -0.715. The Balaban J connectivity index is 1.76. The number of aliphatic hydroxyl groups is 2.